The molecule has 0 aliphatic carbocycles. The molecule has 2 aliphatic rings. The maximum Gasteiger partial charge on any atom is 0.241 e. The summed E-state index contributed by atoms with van der Waals surface area (Å²) < 4.78 is 1.96. The van der Waals surface area contributed by atoms with Crippen LogP contribution in [0.2, 0.25) is 5.02 Å². The number of aromatic nitrogens is 3. The number of anilines is 1. The average molecular weight is 451 g/mol. The van der Waals surface area contributed by atoms with Gasteiger partial charge in [-0.3, -0.25) is 19.8 Å². The lowest BCUT2D eigenvalue weighted by molar-refractivity contribution is -0.124. The molecule has 2 saturated heterocycles. The van der Waals surface area contributed by atoms with Crippen molar-refractivity contribution in [3.8, 4) is 22.3 Å². The number of nitrogens with zero attached hydrogens (tertiary/aromatic N) is 4. The minimum Gasteiger partial charge on any atom is -0.370 e. The predicted molar refractivity (Wildman–Crippen MR) is 127 cm³/mol. The summed E-state index contributed by atoms with van der Waals surface area (Å²) in [7, 11) is 0. The van der Waals surface area contributed by atoms with Crippen LogP contribution in [0.25, 0.3) is 22.3 Å². The van der Waals surface area contributed by atoms with E-state index in [1.165, 1.54) is 0 Å². The highest BCUT2D eigenvalue weighted by Gasteiger charge is 2.44. The van der Waals surface area contributed by atoms with Crippen LogP contribution in [0.15, 0.2) is 49.1 Å². The third-order valence-corrected chi connectivity index (χ3v) is 6.85. The fraction of sp³-hybridized carbons (Fsp3) is 0.375. The van der Waals surface area contributed by atoms with E-state index in [0.29, 0.717) is 17.7 Å². The molecule has 3 aromatic rings. The van der Waals surface area contributed by atoms with Gasteiger partial charge in [0, 0.05) is 48.8 Å². The SMILES string of the molecule is CC(C)n1cc(-c2ccc(-c3cncc(Cl)c3N3CCC4(CC3)NCNC4=O)cc2)cn1. The first kappa shape index (κ1) is 21.0. The van der Waals surface area contributed by atoms with E-state index in [-0.39, 0.29) is 5.91 Å². The number of hydrogen-bond acceptors (Lipinski definition) is 5. The molecule has 1 aromatic carbocycles. The van der Waals surface area contributed by atoms with Crippen molar-refractivity contribution in [3.63, 3.8) is 0 Å². The Labute approximate surface area is 192 Å². The van der Waals surface area contributed by atoms with Crippen LogP contribution in [0.3, 0.4) is 0 Å². The number of hydrogen-bond donors (Lipinski definition) is 2. The van der Waals surface area contributed by atoms with Gasteiger partial charge in [0.2, 0.25) is 5.91 Å². The molecule has 1 amide bonds. The second-order valence-corrected chi connectivity index (χ2v) is 9.23. The zero-order valence-electron chi connectivity index (χ0n) is 18.3. The molecule has 4 heterocycles. The van der Waals surface area contributed by atoms with Gasteiger partial charge < -0.3 is 10.2 Å². The molecule has 8 heteroatoms. The number of pyridine rings is 1. The molecular weight excluding hydrogens is 424 g/mol. The first-order valence-electron chi connectivity index (χ1n) is 11.0. The predicted octanol–water partition coefficient (Wildman–Crippen LogP) is 3.86. The molecular formula is C24H27ClN6O. The van der Waals surface area contributed by atoms with Crippen molar-refractivity contribution in [2.45, 2.75) is 38.3 Å². The molecule has 7 nitrogen and oxygen atoms in total. The number of halogens is 1. The van der Waals surface area contributed by atoms with E-state index in [0.717, 1.165) is 53.9 Å². The molecule has 166 valence electrons. The van der Waals surface area contributed by atoms with E-state index < -0.39 is 5.54 Å². The zero-order chi connectivity index (χ0) is 22.3. The van der Waals surface area contributed by atoms with Gasteiger partial charge in [0.1, 0.15) is 5.54 Å². The van der Waals surface area contributed by atoms with Crippen molar-refractivity contribution in [2.75, 3.05) is 24.7 Å². The molecule has 5 rings (SSSR count). The van der Waals surface area contributed by atoms with E-state index in [1.807, 2.05) is 17.1 Å². The van der Waals surface area contributed by atoms with E-state index in [9.17, 15) is 4.79 Å². The van der Waals surface area contributed by atoms with Crippen LogP contribution in [0, 0.1) is 0 Å². The fourth-order valence-electron chi connectivity index (χ4n) is 4.63. The van der Waals surface area contributed by atoms with Crippen LogP contribution in [0.1, 0.15) is 32.7 Å². The summed E-state index contributed by atoms with van der Waals surface area (Å²) in [6.45, 7) is 6.28. The van der Waals surface area contributed by atoms with Crippen molar-refractivity contribution in [3.05, 3.63) is 54.1 Å². The van der Waals surface area contributed by atoms with Gasteiger partial charge in [-0.25, -0.2) is 0 Å². The number of carbonyl (C=O) groups excluding carboxylic acids is 1. The van der Waals surface area contributed by atoms with Crippen LogP contribution < -0.4 is 15.5 Å². The van der Waals surface area contributed by atoms with Crippen LogP contribution in [-0.4, -0.2) is 46.0 Å². The second-order valence-electron chi connectivity index (χ2n) is 8.83. The number of carbonyl (C=O) groups is 1. The quantitative estimate of drug-likeness (QED) is 0.631. The molecule has 0 unspecified atom stereocenters. The molecule has 0 radical (unpaired) electrons. The van der Waals surface area contributed by atoms with Crippen molar-refractivity contribution >= 4 is 23.2 Å². The monoisotopic (exact) mass is 450 g/mol. The number of nitrogens with one attached hydrogen (secondary N) is 2. The molecule has 32 heavy (non-hydrogen) atoms. The van der Waals surface area contributed by atoms with E-state index >= 15 is 0 Å². The van der Waals surface area contributed by atoms with Gasteiger partial charge in [0.05, 0.1) is 23.6 Å². The summed E-state index contributed by atoms with van der Waals surface area (Å²) >= 11 is 6.64. The van der Waals surface area contributed by atoms with Gasteiger partial charge in [0.15, 0.2) is 0 Å². The van der Waals surface area contributed by atoms with Gasteiger partial charge >= 0.3 is 0 Å². The standard InChI is InChI=1S/C24H27ClN6O/c1-16(2)31-14-19(11-29-31)17-3-5-18(6-4-17)20-12-26-13-21(25)22(20)30-9-7-24(8-10-30)23(32)27-15-28-24/h3-6,11-14,16,28H,7-10,15H2,1-2H3,(H,27,32). The maximum absolute atomic E-state index is 12.3. The van der Waals surface area contributed by atoms with Gasteiger partial charge in [0.25, 0.3) is 0 Å². The Morgan fingerprint density at radius 3 is 2.38 bits per heavy atom. The highest BCUT2D eigenvalue weighted by Crippen LogP contribution is 2.39. The molecule has 0 atom stereocenters. The molecule has 2 fully saturated rings. The summed E-state index contributed by atoms with van der Waals surface area (Å²) in [6.07, 6.45) is 9.03. The molecule has 0 bridgehead atoms. The zero-order valence-corrected chi connectivity index (χ0v) is 19.1. The third kappa shape index (κ3) is 3.65. The Bertz CT molecular complexity index is 1130. The molecule has 2 N–H and O–H groups in total. The minimum absolute atomic E-state index is 0.106. The Morgan fingerprint density at radius 2 is 1.75 bits per heavy atom. The Balaban J connectivity index is 1.41. The highest BCUT2D eigenvalue weighted by molar-refractivity contribution is 6.33. The van der Waals surface area contributed by atoms with Crippen molar-refractivity contribution in [1.29, 1.82) is 0 Å². The van der Waals surface area contributed by atoms with Crippen LogP contribution >= 0.6 is 11.6 Å². The van der Waals surface area contributed by atoms with E-state index in [2.05, 4.69) is 69.9 Å². The third-order valence-electron chi connectivity index (χ3n) is 6.58. The van der Waals surface area contributed by atoms with Crippen molar-refractivity contribution in [2.24, 2.45) is 0 Å². The van der Waals surface area contributed by atoms with Crippen LogP contribution in [0.5, 0.6) is 0 Å². The second kappa shape index (κ2) is 8.22. The van der Waals surface area contributed by atoms with Crippen molar-refractivity contribution < 1.29 is 4.79 Å². The lowest BCUT2D eigenvalue weighted by Gasteiger charge is -2.39. The average Bonchev–Trinajstić information content (AvgIpc) is 3.43. The topological polar surface area (TPSA) is 75.1 Å². The largest absolute Gasteiger partial charge is 0.370 e. The Kier molecular flexibility index (Phi) is 5.39. The summed E-state index contributed by atoms with van der Waals surface area (Å²) in [6, 6.07) is 8.77. The first-order chi connectivity index (χ1) is 15.5. The summed E-state index contributed by atoms with van der Waals surface area (Å²) in [4.78, 5) is 18.9. The van der Waals surface area contributed by atoms with E-state index in [1.54, 1.807) is 6.20 Å². The Morgan fingerprint density at radius 1 is 1.03 bits per heavy atom. The highest BCUT2D eigenvalue weighted by atomic mass is 35.5. The number of benzene rings is 1. The van der Waals surface area contributed by atoms with Crippen LogP contribution in [0.4, 0.5) is 5.69 Å². The first-order valence-corrected chi connectivity index (χ1v) is 11.4. The lowest BCUT2D eigenvalue weighted by atomic mass is 9.87. The van der Waals surface area contributed by atoms with Gasteiger partial charge in [-0.15, -0.1) is 0 Å². The normalized spacial score (nSPS) is 17.9. The number of rotatable bonds is 4. The maximum atomic E-state index is 12.3. The molecule has 2 aliphatic heterocycles. The molecule has 1 spiro atoms. The summed E-state index contributed by atoms with van der Waals surface area (Å²) in [5.41, 5.74) is 4.82. The van der Waals surface area contributed by atoms with Gasteiger partial charge in [-0.2, -0.15) is 5.10 Å². The van der Waals surface area contributed by atoms with E-state index in [4.69, 9.17) is 11.6 Å². The number of piperidine rings is 1. The number of amides is 1. The van der Waals surface area contributed by atoms with Gasteiger partial charge in [-0.05, 0) is 37.8 Å². The summed E-state index contributed by atoms with van der Waals surface area (Å²) in [5.74, 6) is 0.106. The Hall–Kier alpha value is -2.90. The summed E-state index contributed by atoms with van der Waals surface area (Å²) in [5, 5.41) is 11.3. The van der Waals surface area contributed by atoms with Gasteiger partial charge in [-0.1, -0.05) is 35.9 Å². The lowest BCUT2D eigenvalue weighted by Crippen LogP contribution is -2.54. The van der Waals surface area contributed by atoms with Crippen LogP contribution in [-0.2, 0) is 4.79 Å². The molecule has 0 saturated carbocycles. The fourth-order valence-corrected chi connectivity index (χ4v) is 4.91. The smallest absolute Gasteiger partial charge is 0.241 e. The van der Waals surface area contributed by atoms with Crippen molar-refractivity contribution in [1.82, 2.24) is 25.4 Å². The molecule has 2 aromatic heterocycles. The minimum atomic E-state index is -0.446.